The number of hydrogen-bond acceptors (Lipinski definition) is 1. The van der Waals surface area contributed by atoms with Crippen LogP contribution in [0.15, 0.2) is 0 Å². The molecule has 0 saturated carbocycles. The summed E-state index contributed by atoms with van der Waals surface area (Å²) in [5, 5.41) is 0. The van der Waals surface area contributed by atoms with Gasteiger partial charge in [-0.1, -0.05) is 55.1 Å². The van der Waals surface area contributed by atoms with Crippen LogP contribution in [0.2, 0.25) is 0 Å². The lowest BCUT2D eigenvalue weighted by Gasteiger charge is -2.15. The summed E-state index contributed by atoms with van der Waals surface area (Å²) >= 11 is 16.8. The highest BCUT2D eigenvalue weighted by Crippen LogP contribution is 2.33. The molecule has 0 rings (SSSR count). The maximum Gasteiger partial charge on any atom is 0.191 e. The van der Waals surface area contributed by atoms with Crippen molar-refractivity contribution in [3.8, 4) is 0 Å². The van der Waals surface area contributed by atoms with Crippen molar-refractivity contribution >= 4 is 40.6 Å². The van der Waals surface area contributed by atoms with Crippen LogP contribution < -0.4 is 0 Å². The van der Waals surface area contributed by atoms with Crippen LogP contribution in [-0.2, 0) is 4.79 Å². The molecular weight excluding hydrogens is 230 g/mol. The first-order valence-corrected chi connectivity index (χ1v) is 5.59. The molecule has 0 aromatic heterocycles. The number of ketones is 1. The highest BCUT2D eigenvalue weighted by atomic mass is 35.6. The van der Waals surface area contributed by atoms with Crippen LogP contribution in [0.25, 0.3) is 0 Å². The summed E-state index contributed by atoms with van der Waals surface area (Å²) in [4.78, 5) is 11.4. The topological polar surface area (TPSA) is 17.1 Å². The maximum atomic E-state index is 11.4. The fourth-order valence-corrected chi connectivity index (χ4v) is 1.75. The van der Waals surface area contributed by atoms with Crippen molar-refractivity contribution in [3.05, 3.63) is 0 Å². The van der Waals surface area contributed by atoms with Crippen LogP contribution in [0.5, 0.6) is 0 Å². The molecule has 1 unspecified atom stereocenters. The Morgan fingerprint density at radius 3 is 2.31 bits per heavy atom. The molecule has 0 fully saturated rings. The molecule has 0 N–H and O–H groups in total. The summed E-state index contributed by atoms with van der Waals surface area (Å²) in [5.41, 5.74) is 0. The van der Waals surface area contributed by atoms with Gasteiger partial charge in [-0.15, -0.1) is 0 Å². The van der Waals surface area contributed by atoms with E-state index >= 15 is 0 Å². The Bertz CT molecular complexity index is 163. The van der Waals surface area contributed by atoms with Gasteiger partial charge >= 0.3 is 0 Å². The highest BCUT2D eigenvalue weighted by molar-refractivity contribution is 6.67. The van der Waals surface area contributed by atoms with Gasteiger partial charge in [0.1, 0.15) is 5.78 Å². The van der Waals surface area contributed by atoms with E-state index in [1.807, 2.05) is 6.92 Å². The summed E-state index contributed by atoms with van der Waals surface area (Å²) in [7, 11) is 0. The molecule has 13 heavy (non-hydrogen) atoms. The molecule has 0 radical (unpaired) electrons. The molecule has 78 valence electrons. The van der Waals surface area contributed by atoms with Gasteiger partial charge in [0, 0.05) is 18.8 Å². The monoisotopic (exact) mass is 244 g/mol. The van der Waals surface area contributed by atoms with E-state index in [0.29, 0.717) is 12.8 Å². The van der Waals surface area contributed by atoms with Crippen molar-refractivity contribution in [3.63, 3.8) is 0 Å². The summed E-state index contributed by atoms with van der Waals surface area (Å²) in [5.74, 6) is 0.0345. The van der Waals surface area contributed by atoms with Gasteiger partial charge in [-0.2, -0.15) is 0 Å². The standard InChI is InChI=1S/C9H15Cl3O/c1-3-4-5-8(13)7(2)6-9(10,11)12/h7H,3-6H2,1-2H3. The van der Waals surface area contributed by atoms with E-state index < -0.39 is 3.79 Å². The minimum atomic E-state index is -1.30. The molecule has 0 bridgehead atoms. The summed E-state index contributed by atoms with van der Waals surface area (Å²) in [6, 6.07) is 0. The van der Waals surface area contributed by atoms with Gasteiger partial charge in [0.15, 0.2) is 3.79 Å². The van der Waals surface area contributed by atoms with Crippen molar-refractivity contribution in [2.24, 2.45) is 5.92 Å². The largest absolute Gasteiger partial charge is 0.299 e. The minimum Gasteiger partial charge on any atom is -0.299 e. The smallest absolute Gasteiger partial charge is 0.191 e. The van der Waals surface area contributed by atoms with Gasteiger partial charge in [-0.3, -0.25) is 4.79 Å². The van der Waals surface area contributed by atoms with Crippen molar-refractivity contribution < 1.29 is 4.79 Å². The summed E-state index contributed by atoms with van der Waals surface area (Å²) < 4.78 is -1.30. The van der Waals surface area contributed by atoms with Crippen molar-refractivity contribution in [1.29, 1.82) is 0 Å². The van der Waals surface area contributed by atoms with Crippen LogP contribution in [0, 0.1) is 5.92 Å². The third-order valence-corrected chi connectivity index (χ3v) is 2.33. The number of rotatable bonds is 5. The predicted octanol–water partition coefficient (Wildman–Crippen LogP) is 4.14. The van der Waals surface area contributed by atoms with Crippen LogP contribution in [-0.4, -0.2) is 9.58 Å². The predicted molar refractivity (Wildman–Crippen MR) is 58.6 cm³/mol. The van der Waals surface area contributed by atoms with Gasteiger partial charge in [0.25, 0.3) is 0 Å². The molecular formula is C9H15Cl3O. The normalized spacial score (nSPS) is 14.2. The third kappa shape index (κ3) is 7.60. The van der Waals surface area contributed by atoms with Crippen molar-refractivity contribution in [2.45, 2.75) is 43.3 Å². The Kier molecular flexibility index (Phi) is 6.36. The van der Waals surface area contributed by atoms with Crippen LogP contribution in [0.3, 0.4) is 0 Å². The van der Waals surface area contributed by atoms with E-state index in [1.54, 1.807) is 6.92 Å². The molecule has 4 heteroatoms. The average Bonchev–Trinajstić information content (AvgIpc) is 1.96. The van der Waals surface area contributed by atoms with Crippen LogP contribution in [0.1, 0.15) is 39.5 Å². The number of unbranched alkanes of at least 4 members (excludes halogenated alkanes) is 1. The first kappa shape index (κ1) is 13.5. The average molecular weight is 246 g/mol. The van der Waals surface area contributed by atoms with E-state index in [2.05, 4.69) is 0 Å². The zero-order valence-corrected chi connectivity index (χ0v) is 10.2. The molecule has 0 aliphatic rings. The number of hydrogen-bond donors (Lipinski definition) is 0. The molecule has 0 aliphatic carbocycles. The molecule has 0 spiro atoms. The van der Waals surface area contributed by atoms with Crippen LogP contribution >= 0.6 is 34.8 Å². The molecule has 1 atom stereocenters. The second-order valence-electron chi connectivity index (χ2n) is 3.29. The molecule has 0 aromatic carbocycles. The number of halogens is 3. The number of carbonyl (C=O) groups excluding carboxylic acids is 1. The first-order valence-electron chi connectivity index (χ1n) is 4.46. The second kappa shape index (κ2) is 6.10. The second-order valence-corrected chi connectivity index (χ2v) is 5.81. The van der Waals surface area contributed by atoms with E-state index in [-0.39, 0.29) is 11.7 Å². The Hall–Kier alpha value is 0.540. The van der Waals surface area contributed by atoms with E-state index in [1.165, 1.54) is 0 Å². The van der Waals surface area contributed by atoms with Crippen LogP contribution in [0.4, 0.5) is 0 Å². The molecule has 0 heterocycles. The molecule has 0 saturated heterocycles. The number of Topliss-reactive ketones (excluding diaryl/α,β-unsaturated/α-hetero) is 1. The zero-order valence-electron chi connectivity index (χ0n) is 7.95. The fourth-order valence-electron chi connectivity index (χ4n) is 1.06. The van der Waals surface area contributed by atoms with Crippen molar-refractivity contribution in [1.82, 2.24) is 0 Å². The van der Waals surface area contributed by atoms with E-state index in [9.17, 15) is 4.79 Å². The Balaban J connectivity index is 3.83. The maximum absolute atomic E-state index is 11.4. The fraction of sp³-hybridized carbons (Fsp3) is 0.889. The van der Waals surface area contributed by atoms with Gasteiger partial charge in [-0.25, -0.2) is 0 Å². The van der Waals surface area contributed by atoms with E-state index in [0.717, 1.165) is 12.8 Å². The van der Waals surface area contributed by atoms with Gasteiger partial charge in [0.05, 0.1) is 0 Å². The quantitative estimate of drug-likeness (QED) is 0.665. The lowest BCUT2D eigenvalue weighted by Crippen LogP contribution is -2.17. The lowest BCUT2D eigenvalue weighted by atomic mass is 9.99. The van der Waals surface area contributed by atoms with Gasteiger partial charge < -0.3 is 0 Å². The lowest BCUT2D eigenvalue weighted by molar-refractivity contribution is -0.122. The number of alkyl halides is 3. The van der Waals surface area contributed by atoms with Gasteiger partial charge in [0.2, 0.25) is 0 Å². The first-order chi connectivity index (χ1) is 5.87. The molecule has 0 aliphatic heterocycles. The Morgan fingerprint density at radius 2 is 1.92 bits per heavy atom. The Labute approximate surface area is 94.7 Å². The minimum absolute atomic E-state index is 0.154. The SMILES string of the molecule is CCCCC(=O)C(C)CC(Cl)(Cl)Cl. The molecule has 0 aromatic rings. The summed E-state index contributed by atoms with van der Waals surface area (Å²) in [6.45, 7) is 3.85. The van der Waals surface area contributed by atoms with Crippen molar-refractivity contribution in [2.75, 3.05) is 0 Å². The summed E-state index contributed by atoms with van der Waals surface area (Å²) in [6.07, 6.45) is 2.84. The third-order valence-electron chi connectivity index (χ3n) is 1.86. The Morgan fingerprint density at radius 1 is 1.38 bits per heavy atom. The highest BCUT2D eigenvalue weighted by Gasteiger charge is 2.26. The van der Waals surface area contributed by atoms with E-state index in [4.69, 9.17) is 34.8 Å². The van der Waals surface area contributed by atoms with Gasteiger partial charge in [-0.05, 0) is 6.42 Å². The zero-order chi connectivity index (χ0) is 10.5. The molecule has 0 amide bonds. The molecule has 1 nitrogen and oxygen atoms in total. The number of carbonyl (C=O) groups is 1.